The lowest BCUT2D eigenvalue weighted by Crippen LogP contribution is -2.25. The normalized spacial score (nSPS) is 9.31. The highest BCUT2D eigenvalue weighted by Crippen LogP contribution is 2.02. The average molecular weight is 176 g/mol. The molecular formula is C10H12N2O. The Hall–Kier alpha value is -1.69. The zero-order valence-electron chi connectivity index (χ0n) is 7.82. The highest BCUT2D eigenvalue weighted by molar-refractivity contribution is 5.92. The van der Waals surface area contributed by atoms with Crippen LogP contribution in [0, 0.1) is 12.3 Å². The Kier molecular flexibility index (Phi) is 2.76. The van der Waals surface area contributed by atoms with E-state index < -0.39 is 0 Å². The fourth-order valence-corrected chi connectivity index (χ4v) is 1.09. The van der Waals surface area contributed by atoms with E-state index in [0.717, 1.165) is 5.69 Å². The molecule has 0 bridgehead atoms. The molecule has 0 atom stereocenters. The van der Waals surface area contributed by atoms with Gasteiger partial charge >= 0.3 is 0 Å². The standard InChI is InChI=1S/C10H12N2O/c1-4-10(13)12(3)8-9-6-5-7-11(9)2/h1,5-7H,8H2,2-3H3. The Labute approximate surface area is 78.0 Å². The maximum absolute atomic E-state index is 11.0. The molecule has 1 aromatic heterocycles. The summed E-state index contributed by atoms with van der Waals surface area (Å²) in [5.41, 5.74) is 1.06. The zero-order chi connectivity index (χ0) is 9.84. The molecule has 0 N–H and O–H groups in total. The van der Waals surface area contributed by atoms with Gasteiger partial charge in [-0.1, -0.05) is 0 Å². The first-order valence-electron chi connectivity index (χ1n) is 3.97. The van der Waals surface area contributed by atoms with Crippen LogP contribution in [0.3, 0.4) is 0 Å². The van der Waals surface area contributed by atoms with Gasteiger partial charge in [-0.3, -0.25) is 4.79 Å². The molecule has 0 aliphatic heterocycles. The van der Waals surface area contributed by atoms with Crippen LogP contribution in [0.25, 0.3) is 0 Å². The van der Waals surface area contributed by atoms with Gasteiger partial charge in [0.05, 0.1) is 6.54 Å². The summed E-state index contributed by atoms with van der Waals surface area (Å²) in [6, 6.07) is 3.89. The lowest BCUT2D eigenvalue weighted by Gasteiger charge is -2.13. The van der Waals surface area contributed by atoms with Crippen molar-refractivity contribution in [3.8, 4) is 12.3 Å². The first-order chi connectivity index (χ1) is 6.15. The van der Waals surface area contributed by atoms with Crippen LogP contribution in [0.5, 0.6) is 0 Å². The summed E-state index contributed by atoms with van der Waals surface area (Å²) in [6.45, 7) is 0.548. The highest BCUT2D eigenvalue weighted by Gasteiger charge is 2.06. The molecule has 0 saturated heterocycles. The third kappa shape index (κ3) is 2.12. The summed E-state index contributed by atoms with van der Waals surface area (Å²) in [7, 11) is 3.62. The predicted octanol–water partition coefficient (Wildman–Crippen LogP) is 0.617. The maximum Gasteiger partial charge on any atom is 0.298 e. The SMILES string of the molecule is C#CC(=O)N(C)Cc1cccn1C. The number of carbonyl (C=O) groups excluding carboxylic acids is 1. The smallest absolute Gasteiger partial charge is 0.298 e. The molecule has 0 saturated carbocycles. The largest absolute Gasteiger partial charge is 0.353 e. The summed E-state index contributed by atoms with van der Waals surface area (Å²) in [6.07, 6.45) is 6.93. The number of amides is 1. The highest BCUT2D eigenvalue weighted by atomic mass is 16.2. The number of hydrogen-bond donors (Lipinski definition) is 0. The molecule has 0 aliphatic rings. The molecule has 1 aromatic rings. The third-order valence-corrected chi connectivity index (χ3v) is 1.92. The lowest BCUT2D eigenvalue weighted by atomic mass is 10.4. The van der Waals surface area contributed by atoms with Gasteiger partial charge in [-0.05, 0) is 18.1 Å². The number of aryl methyl sites for hydroxylation is 1. The summed E-state index contributed by atoms with van der Waals surface area (Å²) >= 11 is 0. The van der Waals surface area contributed by atoms with Gasteiger partial charge in [0.2, 0.25) is 0 Å². The fourth-order valence-electron chi connectivity index (χ4n) is 1.09. The number of rotatable bonds is 2. The number of terminal acetylenes is 1. The molecule has 1 heterocycles. The Balaban J connectivity index is 2.66. The first kappa shape index (κ1) is 9.40. The van der Waals surface area contributed by atoms with Crippen LogP contribution in [-0.4, -0.2) is 22.4 Å². The van der Waals surface area contributed by atoms with E-state index >= 15 is 0 Å². The van der Waals surface area contributed by atoms with Crippen molar-refractivity contribution in [1.29, 1.82) is 0 Å². The summed E-state index contributed by atoms with van der Waals surface area (Å²) in [5, 5.41) is 0. The van der Waals surface area contributed by atoms with Crippen molar-refractivity contribution < 1.29 is 4.79 Å². The van der Waals surface area contributed by atoms with Gasteiger partial charge in [-0.2, -0.15) is 0 Å². The minimum atomic E-state index is -0.291. The van der Waals surface area contributed by atoms with Crippen molar-refractivity contribution in [1.82, 2.24) is 9.47 Å². The van der Waals surface area contributed by atoms with Crippen molar-refractivity contribution in [2.45, 2.75) is 6.54 Å². The van der Waals surface area contributed by atoms with Crippen molar-refractivity contribution in [3.63, 3.8) is 0 Å². The molecule has 3 heteroatoms. The van der Waals surface area contributed by atoms with E-state index in [2.05, 4.69) is 5.92 Å². The van der Waals surface area contributed by atoms with E-state index in [1.165, 1.54) is 4.90 Å². The van der Waals surface area contributed by atoms with Crippen LogP contribution in [0.15, 0.2) is 18.3 Å². The molecule has 0 spiro atoms. The molecule has 1 rings (SSSR count). The summed E-state index contributed by atoms with van der Waals surface area (Å²) in [5.74, 6) is 1.78. The van der Waals surface area contributed by atoms with E-state index in [0.29, 0.717) is 6.54 Å². The van der Waals surface area contributed by atoms with Gasteiger partial charge in [0.1, 0.15) is 0 Å². The van der Waals surface area contributed by atoms with Crippen LogP contribution in [0.1, 0.15) is 5.69 Å². The fraction of sp³-hybridized carbons (Fsp3) is 0.300. The van der Waals surface area contributed by atoms with Crippen LogP contribution < -0.4 is 0 Å². The monoisotopic (exact) mass is 176 g/mol. The second-order valence-corrected chi connectivity index (χ2v) is 2.92. The van der Waals surface area contributed by atoms with Gasteiger partial charge in [0.15, 0.2) is 0 Å². The van der Waals surface area contributed by atoms with Gasteiger partial charge in [-0.25, -0.2) is 0 Å². The van der Waals surface area contributed by atoms with Crippen LogP contribution in [0.4, 0.5) is 0 Å². The summed E-state index contributed by atoms with van der Waals surface area (Å²) in [4.78, 5) is 12.5. The molecule has 0 fully saturated rings. The van der Waals surface area contributed by atoms with E-state index in [4.69, 9.17) is 6.42 Å². The van der Waals surface area contributed by atoms with E-state index in [1.807, 2.05) is 29.9 Å². The molecule has 0 unspecified atom stereocenters. The maximum atomic E-state index is 11.0. The molecule has 1 amide bonds. The second kappa shape index (κ2) is 3.81. The van der Waals surface area contributed by atoms with E-state index in [1.54, 1.807) is 7.05 Å². The van der Waals surface area contributed by atoms with Crippen LogP contribution in [-0.2, 0) is 18.4 Å². The quantitative estimate of drug-likeness (QED) is 0.606. The Bertz CT molecular complexity index is 346. The van der Waals surface area contributed by atoms with Crippen molar-refractivity contribution in [3.05, 3.63) is 24.0 Å². The number of nitrogens with zero attached hydrogens (tertiary/aromatic N) is 2. The van der Waals surface area contributed by atoms with Gasteiger partial charge in [0.25, 0.3) is 5.91 Å². The van der Waals surface area contributed by atoms with E-state index in [9.17, 15) is 4.79 Å². The zero-order valence-corrected chi connectivity index (χ0v) is 7.82. The predicted molar refractivity (Wildman–Crippen MR) is 50.7 cm³/mol. The number of aromatic nitrogens is 1. The van der Waals surface area contributed by atoms with E-state index in [-0.39, 0.29) is 5.91 Å². The first-order valence-corrected chi connectivity index (χ1v) is 3.97. The van der Waals surface area contributed by atoms with Crippen LogP contribution in [0.2, 0.25) is 0 Å². The topological polar surface area (TPSA) is 25.2 Å². The van der Waals surface area contributed by atoms with Gasteiger partial charge in [-0.15, -0.1) is 6.42 Å². The molecule has 0 radical (unpaired) electrons. The molecule has 68 valence electrons. The van der Waals surface area contributed by atoms with Gasteiger partial charge in [0, 0.05) is 26.0 Å². The number of hydrogen-bond acceptors (Lipinski definition) is 1. The minimum Gasteiger partial charge on any atom is -0.353 e. The minimum absolute atomic E-state index is 0.291. The third-order valence-electron chi connectivity index (χ3n) is 1.92. The van der Waals surface area contributed by atoms with Gasteiger partial charge < -0.3 is 9.47 Å². The average Bonchev–Trinajstić information content (AvgIpc) is 2.50. The lowest BCUT2D eigenvalue weighted by molar-refractivity contribution is -0.124. The molecule has 3 nitrogen and oxygen atoms in total. The Morgan fingerprint density at radius 3 is 2.92 bits per heavy atom. The molecule has 0 aliphatic carbocycles. The van der Waals surface area contributed by atoms with Crippen molar-refractivity contribution in [2.75, 3.05) is 7.05 Å². The molecule has 0 aromatic carbocycles. The molecule has 13 heavy (non-hydrogen) atoms. The number of carbonyl (C=O) groups is 1. The Morgan fingerprint density at radius 2 is 2.46 bits per heavy atom. The van der Waals surface area contributed by atoms with Crippen molar-refractivity contribution in [2.24, 2.45) is 7.05 Å². The second-order valence-electron chi connectivity index (χ2n) is 2.92. The summed E-state index contributed by atoms with van der Waals surface area (Å²) < 4.78 is 1.96. The Morgan fingerprint density at radius 1 is 1.77 bits per heavy atom. The molecular weight excluding hydrogens is 164 g/mol. The van der Waals surface area contributed by atoms with Crippen molar-refractivity contribution >= 4 is 5.91 Å². The van der Waals surface area contributed by atoms with Crippen LogP contribution >= 0.6 is 0 Å².